The minimum Gasteiger partial charge on any atom is -0.480 e. The average Bonchev–Trinajstić information content (AvgIpc) is 2.26. The van der Waals surface area contributed by atoms with Crippen molar-refractivity contribution in [2.75, 3.05) is 6.61 Å². The van der Waals surface area contributed by atoms with Gasteiger partial charge in [-0.05, 0) is 12.1 Å². The molecule has 0 heterocycles. The van der Waals surface area contributed by atoms with Crippen molar-refractivity contribution in [2.24, 2.45) is 0 Å². The van der Waals surface area contributed by atoms with Crippen molar-refractivity contribution in [1.82, 2.24) is 4.72 Å². The van der Waals surface area contributed by atoms with Crippen molar-refractivity contribution in [3.8, 4) is 0 Å². The first kappa shape index (κ1) is 13.6. The van der Waals surface area contributed by atoms with Crippen LogP contribution in [-0.2, 0) is 14.8 Å². The molecule has 0 amide bonds. The van der Waals surface area contributed by atoms with Crippen LogP contribution in [0.25, 0.3) is 0 Å². The summed E-state index contributed by atoms with van der Waals surface area (Å²) in [6.45, 7) is -0.928. The molecule has 8 heteroatoms. The van der Waals surface area contributed by atoms with Gasteiger partial charge in [-0.1, -0.05) is 12.1 Å². The Morgan fingerprint density at radius 2 is 2.00 bits per heavy atom. The van der Waals surface area contributed by atoms with E-state index in [1.54, 1.807) is 4.72 Å². The molecule has 0 aliphatic heterocycles. The fourth-order valence-corrected chi connectivity index (χ4v) is 2.34. The van der Waals surface area contributed by atoms with Gasteiger partial charge in [0.15, 0.2) is 0 Å². The summed E-state index contributed by atoms with van der Waals surface area (Å²) in [6.07, 6.45) is 0. The van der Waals surface area contributed by atoms with E-state index in [0.29, 0.717) is 0 Å². The van der Waals surface area contributed by atoms with Crippen LogP contribution < -0.4 is 4.72 Å². The molecule has 0 saturated carbocycles. The number of carboxylic acid groups (broad SMARTS) is 1. The lowest BCUT2D eigenvalue weighted by Gasteiger charge is -2.12. The van der Waals surface area contributed by atoms with Crippen LogP contribution >= 0.6 is 0 Å². The Hall–Kier alpha value is -1.51. The van der Waals surface area contributed by atoms with E-state index < -0.39 is 39.4 Å². The summed E-state index contributed by atoms with van der Waals surface area (Å²) >= 11 is 0. The summed E-state index contributed by atoms with van der Waals surface area (Å²) in [6, 6.07) is 2.82. The highest BCUT2D eigenvalue weighted by Crippen LogP contribution is 2.13. The van der Waals surface area contributed by atoms with Crippen molar-refractivity contribution in [2.45, 2.75) is 10.9 Å². The quantitative estimate of drug-likeness (QED) is 0.667. The molecule has 3 N–H and O–H groups in total. The molecule has 0 unspecified atom stereocenters. The Labute approximate surface area is 96.8 Å². The minimum absolute atomic E-state index is 0.667. The Morgan fingerprint density at radius 1 is 1.41 bits per heavy atom. The molecule has 0 bridgehead atoms. The second-order valence-electron chi connectivity index (χ2n) is 3.13. The summed E-state index contributed by atoms with van der Waals surface area (Å²) in [5.74, 6) is -2.55. The van der Waals surface area contributed by atoms with Crippen LogP contribution in [0, 0.1) is 5.82 Å². The van der Waals surface area contributed by atoms with Crippen LogP contribution in [-0.4, -0.2) is 37.2 Å². The van der Waals surface area contributed by atoms with Crippen molar-refractivity contribution in [1.29, 1.82) is 0 Å². The lowest BCUT2D eigenvalue weighted by molar-refractivity contribution is -0.139. The number of carboxylic acids is 1. The predicted octanol–water partition coefficient (Wildman–Crippen LogP) is -0.450. The van der Waals surface area contributed by atoms with E-state index in [9.17, 15) is 17.6 Å². The van der Waals surface area contributed by atoms with Gasteiger partial charge in [-0.15, -0.1) is 0 Å². The fourth-order valence-electron chi connectivity index (χ4n) is 1.08. The van der Waals surface area contributed by atoms with E-state index in [0.717, 1.165) is 12.1 Å². The number of rotatable bonds is 5. The van der Waals surface area contributed by atoms with E-state index in [2.05, 4.69) is 0 Å². The maximum Gasteiger partial charge on any atom is 0.324 e. The average molecular weight is 263 g/mol. The van der Waals surface area contributed by atoms with E-state index in [1.165, 1.54) is 12.1 Å². The van der Waals surface area contributed by atoms with Gasteiger partial charge < -0.3 is 10.2 Å². The number of hydrogen-bond donors (Lipinski definition) is 3. The number of aliphatic hydroxyl groups is 1. The van der Waals surface area contributed by atoms with Crippen molar-refractivity contribution >= 4 is 16.0 Å². The van der Waals surface area contributed by atoms with Gasteiger partial charge in [-0.3, -0.25) is 4.79 Å². The predicted molar refractivity (Wildman–Crippen MR) is 55.2 cm³/mol. The summed E-state index contributed by atoms with van der Waals surface area (Å²) in [5, 5.41) is 17.2. The van der Waals surface area contributed by atoms with E-state index >= 15 is 0 Å². The molecule has 0 aromatic heterocycles. The Balaban J connectivity index is 3.05. The number of sulfonamides is 1. The van der Waals surface area contributed by atoms with E-state index in [4.69, 9.17) is 10.2 Å². The van der Waals surface area contributed by atoms with Gasteiger partial charge in [0, 0.05) is 0 Å². The topological polar surface area (TPSA) is 104 Å². The van der Waals surface area contributed by atoms with Gasteiger partial charge >= 0.3 is 5.97 Å². The number of hydrogen-bond acceptors (Lipinski definition) is 4. The van der Waals surface area contributed by atoms with Crippen LogP contribution in [0.15, 0.2) is 29.2 Å². The molecule has 1 aromatic rings. The SMILES string of the molecule is O=C(O)[C@@H](CO)NS(=O)(=O)c1ccccc1F. The van der Waals surface area contributed by atoms with Crippen LogP contribution in [0.2, 0.25) is 0 Å². The highest BCUT2D eigenvalue weighted by atomic mass is 32.2. The van der Waals surface area contributed by atoms with Crippen LogP contribution in [0.4, 0.5) is 4.39 Å². The summed E-state index contributed by atoms with van der Waals surface area (Å²) in [7, 11) is -4.31. The highest BCUT2D eigenvalue weighted by molar-refractivity contribution is 7.89. The first-order valence-electron chi connectivity index (χ1n) is 4.49. The summed E-state index contributed by atoms with van der Waals surface area (Å²) in [5.41, 5.74) is 0. The van der Waals surface area contributed by atoms with Gasteiger partial charge in [-0.2, -0.15) is 4.72 Å². The number of aliphatic hydroxyl groups excluding tert-OH is 1. The van der Waals surface area contributed by atoms with Crippen LogP contribution in [0.1, 0.15) is 0 Å². The van der Waals surface area contributed by atoms with E-state index in [1.807, 2.05) is 0 Å². The number of halogens is 1. The van der Waals surface area contributed by atoms with Gasteiger partial charge in [0.05, 0.1) is 6.61 Å². The maximum atomic E-state index is 13.2. The van der Waals surface area contributed by atoms with Crippen molar-refractivity contribution < 1.29 is 27.8 Å². The molecule has 0 saturated heterocycles. The standard InChI is InChI=1S/C9H10FNO5S/c10-6-3-1-2-4-8(6)17(15,16)11-7(5-12)9(13)14/h1-4,7,11-12H,5H2,(H,13,14)/t7-/m1/s1. The molecule has 0 aliphatic rings. The molecule has 0 fully saturated rings. The van der Waals surface area contributed by atoms with Crippen molar-refractivity contribution in [3.63, 3.8) is 0 Å². The Kier molecular flexibility index (Phi) is 4.16. The lowest BCUT2D eigenvalue weighted by Crippen LogP contribution is -2.43. The Morgan fingerprint density at radius 3 is 2.47 bits per heavy atom. The first-order valence-corrected chi connectivity index (χ1v) is 5.97. The van der Waals surface area contributed by atoms with Crippen molar-refractivity contribution in [3.05, 3.63) is 30.1 Å². The van der Waals surface area contributed by atoms with Gasteiger partial charge in [0.1, 0.15) is 16.8 Å². The molecule has 1 rings (SSSR count). The zero-order chi connectivity index (χ0) is 13.1. The zero-order valence-corrected chi connectivity index (χ0v) is 9.32. The monoisotopic (exact) mass is 263 g/mol. The molecule has 1 atom stereocenters. The molecular weight excluding hydrogens is 253 g/mol. The molecule has 94 valence electrons. The number of nitrogens with one attached hydrogen (secondary N) is 1. The molecule has 1 aromatic carbocycles. The lowest BCUT2D eigenvalue weighted by atomic mass is 10.3. The molecule has 17 heavy (non-hydrogen) atoms. The minimum atomic E-state index is -4.31. The van der Waals surface area contributed by atoms with Gasteiger partial charge in [-0.25, -0.2) is 12.8 Å². The maximum absolute atomic E-state index is 13.2. The van der Waals surface area contributed by atoms with Gasteiger partial charge in [0.25, 0.3) is 0 Å². The Bertz CT molecular complexity index is 516. The van der Waals surface area contributed by atoms with E-state index in [-0.39, 0.29) is 0 Å². The first-order chi connectivity index (χ1) is 7.88. The van der Waals surface area contributed by atoms with Gasteiger partial charge in [0.2, 0.25) is 10.0 Å². The molecule has 0 radical (unpaired) electrons. The molecule has 0 aliphatic carbocycles. The number of aliphatic carboxylic acids is 1. The zero-order valence-electron chi connectivity index (χ0n) is 8.50. The molecule has 6 nitrogen and oxygen atoms in total. The fraction of sp³-hybridized carbons (Fsp3) is 0.222. The smallest absolute Gasteiger partial charge is 0.324 e. The number of benzene rings is 1. The van der Waals surface area contributed by atoms with Crippen LogP contribution in [0.3, 0.4) is 0 Å². The van der Waals surface area contributed by atoms with Crippen LogP contribution in [0.5, 0.6) is 0 Å². The summed E-state index contributed by atoms with van der Waals surface area (Å²) in [4.78, 5) is 9.88. The normalized spacial score (nSPS) is 13.3. The second kappa shape index (κ2) is 5.21. The third kappa shape index (κ3) is 3.22. The second-order valence-corrected chi connectivity index (χ2v) is 4.81. The molecule has 0 spiro atoms. The largest absolute Gasteiger partial charge is 0.480 e. The highest BCUT2D eigenvalue weighted by Gasteiger charge is 2.26. The number of carbonyl (C=O) groups is 1. The molecular formula is C9H10FNO5S. The third-order valence-electron chi connectivity index (χ3n) is 1.90. The third-order valence-corrected chi connectivity index (χ3v) is 3.41. The summed E-state index contributed by atoms with van der Waals surface area (Å²) < 4.78 is 38.1.